The van der Waals surface area contributed by atoms with Crippen molar-refractivity contribution in [1.82, 2.24) is 4.90 Å². The molecular formula is C18H23FN2O3S2. The SMILES string of the molecule is CC[C@H](C)C(=O)N=C1S[C@@H]2CS(=O)(=O)C[C@@H]2N1CCc1ccc(F)cc1. The molecule has 142 valence electrons. The van der Waals surface area contributed by atoms with E-state index in [-0.39, 0.29) is 40.4 Å². The van der Waals surface area contributed by atoms with Crippen LogP contribution in [0.3, 0.4) is 0 Å². The first-order valence-corrected chi connectivity index (χ1v) is 11.5. The molecule has 0 aliphatic carbocycles. The molecule has 5 nitrogen and oxygen atoms in total. The summed E-state index contributed by atoms with van der Waals surface area (Å²) in [4.78, 5) is 18.5. The average Bonchev–Trinajstić information content (AvgIpc) is 3.05. The van der Waals surface area contributed by atoms with Crippen LogP contribution in [0.1, 0.15) is 25.8 Å². The van der Waals surface area contributed by atoms with E-state index in [0.717, 1.165) is 12.0 Å². The maximum absolute atomic E-state index is 13.1. The summed E-state index contributed by atoms with van der Waals surface area (Å²) >= 11 is 1.40. The number of hydrogen-bond acceptors (Lipinski definition) is 4. The number of rotatable bonds is 5. The Kier molecular flexibility index (Phi) is 5.72. The summed E-state index contributed by atoms with van der Waals surface area (Å²) in [5.41, 5.74) is 0.966. The van der Waals surface area contributed by atoms with E-state index in [4.69, 9.17) is 0 Å². The first-order chi connectivity index (χ1) is 12.3. The molecule has 0 spiro atoms. The van der Waals surface area contributed by atoms with Crippen LogP contribution >= 0.6 is 11.8 Å². The lowest BCUT2D eigenvalue weighted by atomic mass is 10.1. The second-order valence-corrected chi connectivity index (χ2v) is 10.3. The van der Waals surface area contributed by atoms with Gasteiger partial charge >= 0.3 is 0 Å². The summed E-state index contributed by atoms with van der Waals surface area (Å²) in [5.74, 6) is -0.360. The quantitative estimate of drug-likeness (QED) is 0.762. The van der Waals surface area contributed by atoms with Gasteiger partial charge in [-0.15, -0.1) is 0 Å². The van der Waals surface area contributed by atoms with Crippen molar-refractivity contribution < 1.29 is 17.6 Å². The van der Waals surface area contributed by atoms with Gasteiger partial charge in [-0.3, -0.25) is 4.79 Å². The number of amides is 1. The molecular weight excluding hydrogens is 375 g/mol. The van der Waals surface area contributed by atoms with Gasteiger partial charge in [-0.2, -0.15) is 4.99 Å². The predicted molar refractivity (Wildman–Crippen MR) is 103 cm³/mol. The van der Waals surface area contributed by atoms with E-state index >= 15 is 0 Å². The molecule has 0 N–H and O–H groups in total. The lowest BCUT2D eigenvalue weighted by Gasteiger charge is -2.24. The van der Waals surface area contributed by atoms with E-state index in [1.807, 2.05) is 18.7 Å². The third-order valence-corrected chi connectivity index (χ3v) is 8.22. The van der Waals surface area contributed by atoms with Crippen molar-refractivity contribution in [3.05, 3.63) is 35.6 Å². The van der Waals surface area contributed by atoms with Gasteiger partial charge in [0.15, 0.2) is 15.0 Å². The molecule has 26 heavy (non-hydrogen) atoms. The van der Waals surface area contributed by atoms with Gasteiger partial charge in [-0.05, 0) is 30.5 Å². The summed E-state index contributed by atoms with van der Waals surface area (Å²) in [6.45, 7) is 4.35. The van der Waals surface area contributed by atoms with Gasteiger partial charge in [0.2, 0.25) is 0 Å². The van der Waals surface area contributed by atoms with Crippen molar-refractivity contribution in [2.75, 3.05) is 18.1 Å². The largest absolute Gasteiger partial charge is 0.346 e. The molecule has 3 atom stereocenters. The summed E-state index contributed by atoms with van der Waals surface area (Å²) < 4.78 is 37.1. The van der Waals surface area contributed by atoms with Crippen molar-refractivity contribution in [3.63, 3.8) is 0 Å². The molecule has 2 heterocycles. The predicted octanol–water partition coefficient (Wildman–Crippen LogP) is 2.51. The van der Waals surface area contributed by atoms with Crippen molar-refractivity contribution >= 4 is 32.7 Å². The van der Waals surface area contributed by atoms with E-state index in [1.54, 1.807) is 12.1 Å². The fourth-order valence-electron chi connectivity index (χ4n) is 3.18. The molecule has 0 saturated carbocycles. The van der Waals surface area contributed by atoms with Gasteiger partial charge in [0.1, 0.15) is 5.82 Å². The topological polar surface area (TPSA) is 66.8 Å². The van der Waals surface area contributed by atoms with Crippen LogP contribution in [0, 0.1) is 11.7 Å². The Balaban J connectivity index is 1.79. The zero-order valence-electron chi connectivity index (χ0n) is 14.9. The molecule has 3 rings (SSSR count). The first-order valence-electron chi connectivity index (χ1n) is 8.79. The second kappa shape index (κ2) is 7.68. The van der Waals surface area contributed by atoms with Gasteiger partial charge in [-0.25, -0.2) is 12.8 Å². The number of halogens is 1. The van der Waals surface area contributed by atoms with Crippen LogP contribution in [0.4, 0.5) is 4.39 Å². The molecule has 1 aromatic carbocycles. The highest BCUT2D eigenvalue weighted by molar-refractivity contribution is 8.15. The molecule has 2 fully saturated rings. The van der Waals surface area contributed by atoms with Crippen LogP contribution in [0.25, 0.3) is 0 Å². The van der Waals surface area contributed by atoms with Crippen molar-refractivity contribution in [2.45, 2.75) is 38.0 Å². The molecule has 0 aromatic heterocycles. The molecule has 2 saturated heterocycles. The van der Waals surface area contributed by atoms with Crippen LogP contribution in [-0.4, -0.2) is 53.7 Å². The fourth-order valence-corrected chi connectivity index (χ4v) is 7.16. The van der Waals surface area contributed by atoms with Gasteiger partial charge < -0.3 is 4.90 Å². The average molecular weight is 399 g/mol. The van der Waals surface area contributed by atoms with Crippen molar-refractivity contribution in [2.24, 2.45) is 10.9 Å². The maximum Gasteiger partial charge on any atom is 0.250 e. The third kappa shape index (κ3) is 4.28. The number of fused-ring (bicyclic) bond motifs is 1. The van der Waals surface area contributed by atoms with E-state index in [9.17, 15) is 17.6 Å². The molecule has 1 aromatic rings. The Morgan fingerprint density at radius 2 is 2.04 bits per heavy atom. The fraction of sp³-hybridized carbons (Fsp3) is 0.556. The van der Waals surface area contributed by atoms with E-state index < -0.39 is 9.84 Å². The van der Waals surface area contributed by atoms with Gasteiger partial charge in [0.05, 0.1) is 17.5 Å². The number of sulfone groups is 1. The van der Waals surface area contributed by atoms with Crippen LogP contribution in [-0.2, 0) is 21.1 Å². The molecule has 1 amide bonds. The van der Waals surface area contributed by atoms with Crippen LogP contribution in [0.2, 0.25) is 0 Å². The van der Waals surface area contributed by atoms with E-state index in [2.05, 4.69) is 4.99 Å². The minimum absolute atomic E-state index is 0.0725. The lowest BCUT2D eigenvalue weighted by molar-refractivity contribution is -0.121. The summed E-state index contributed by atoms with van der Waals surface area (Å²) in [6, 6.07) is 6.14. The number of thioether (sulfide) groups is 1. The van der Waals surface area contributed by atoms with Crippen LogP contribution in [0.15, 0.2) is 29.3 Å². The Bertz CT molecular complexity index is 808. The minimum Gasteiger partial charge on any atom is -0.346 e. The monoisotopic (exact) mass is 398 g/mol. The zero-order chi connectivity index (χ0) is 18.9. The Morgan fingerprint density at radius 3 is 2.69 bits per heavy atom. The Morgan fingerprint density at radius 1 is 1.35 bits per heavy atom. The zero-order valence-corrected chi connectivity index (χ0v) is 16.5. The lowest BCUT2D eigenvalue weighted by Crippen LogP contribution is -2.39. The maximum atomic E-state index is 13.1. The summed E-state index contributed by atoms with van der Waals surface area (Å²) in [5, 5.41) is 0.555. The molecule has 0 bridgehead atoms. The van der Waals surface area contributed by atoms with Crippen LogP contribution < -0.4 is 0 Å². The number of nitrogens with zero attached hydrogens (tertiary/aromatic N) is 2. The smallest absolute Gasteiger partial charge is 0.250 e. The molecule has 0 unspecified atom stereocenters. The highest BCUT2D eigenvalue weighted by Crippen LogP contribution is 2.38. The highest BCUT2D eigenvalue weighted by Gasteiger charge is 2.48. The normalized spacial score (nSPS) is 26.9. The van der Waals surface area contributed by atoms with E-state index in [0.29, 0.717) is 18.1 Å². The van der Waals surface area contributed by atoms with Gasteiger partial charge in [0.25, 0.3) is 5.91 Å². The standard InChI is InChI=1S/C18H23FN2O3S2/c1-3-12(2)17(22)20-18-21(9-8-13-4-6-14(19)7-5-13)15-10-26(23,24)11-16(15)25-18/h4-7,12,15-16H,3,8-11H2,1-2H3/t12-,15-,16+/m0/s1. The van der Waals surface area contributed by atoms with E-state index in [1.165, 1.54) is 23.9 Å². The van der Waals surface area contributed by atoms with Gasteiger partial charge in [-0.1, -0.05) is 37.7 Å². The Hall–Kier alpha value is -1.41. The summed E-state index contributed by atoms with van der Waals surface area (Å²) in [6.07, 6.45) is 1.36. The summed E-state index contributed by atoms with van der Waals surface area (Å²) in [7, 11) is -3.05. The van der Waals surface area contributed by atoms with Crippen molar-refractivity contribution in [3.8, 4) is 0 Å². The van der Waals surface area contributed by atoms with Crippen molar-refractivity contribution in [1.29, 1.82) is 0 Å². The molecule has 2 aliphatic heterocycles. The molecule has 2 aliphatic rings. The first kappa shape index (κ1) is 19.4. The van der Waals surface area contributed by atoms with Gasteiger partial charge in [0, 0.05) is 17.7 Å². The minimum atomic E-state index is -3.05. The number of amidine groups is 1. The second-order valence-electron chi connectivity index (χ2n) is 6.91. The third-order valence-electron chi connectivity index (χ3n) is 4.97. The highest BCUT2D eigenvalue weighted by atomic mass is 32.2. The number of hydrogen-bond donors (Lipinski definition) is 0. The number of carbonyl (C=O) groups is 1. The number of aliphatic imine (C=N–C) groups is 1. The molecule has 8 heteroatoms. The Labute approximate surface area is 158 Å². The molecule has 0 radical (unpaired) electrons. The van der Waals surface area contributed by atoms with Crippen LogP contribution in [0.5, 0.6) is 0 Å². The number of benzene rings is 1. The number of carbonyl (C=O) groups excluding carboxylic acids is 1.